The van der Waals surface area contributed by atoms with E-state index in [0.29, 0.717) is 16.6 Å². The van der Waals surface area contributed by atoms with Crippen LogP contribution >= 0.6 is 15.9 Å². The summed E-state index contributed by atoms with van der Waals surface area (Å²) in [4.78, 5) is 10.4. The van der Waals surface area contributed by atoms with Crippen LogP contribution in [0.4, 0.5) is 11.4 Å². The summed E-state index contributed by atoms with van der Waals surface area (Å²) in [7, 11) is 0. The molecule has 94 valence electrons. The van der Waals surface area contributed by atoms with Crippen molar-refractivity contribution in [2.45, 2.75) is 32.4 Å². The van der Waals surface area contributed by atoms with Gasteiger partial charge >= 0.3 is 0 Å². The van der Waals surface area contributed by atoms with Crippen LogP contribution in [0.15, 0.2) is 22.7 Å². The second-order valence-corrected chi connectivity index (χ2v) is 4.96. The van der Waals surface area contributed by atoms with Crippen LogP contribution in [0.25, 0.3) is 0 Å². The smallest absolute Gasteiger partial charge is 0.293 e. The van der Waals surface area contributed by atoms with E-state index in [1.807, 2.05) is 6.92 Å². The Bertz CT molecular complexity index is 410. The van der Waals surface area contributed by atoms with E-state index in [1.165, 1.54) is 6.07 Å². The molecule has 0 aliphatic heterocycles. The Labute approximate surface area is 108 Å². The van der Waals surface area contributed by atoms with Crippen molar-refractivity contribution in [1.29, 1.82) is 0 Å². The van der Waals surface area contributed by atoms with Gasteiger partial charge in [0.05, 0.1) is 11.0 Å². The highest BCUT2D eigenvalue weighted by molar-refractivity contribution is 9.10. The van der Waals surface area contributed by atoms with Gasteiger partial charge in [0.2, 0.25) is 0 Å². The first-order valence-electron chi connectivity index (χ1n) is 5.28. The third-order valence-electron chi connectivity index (χ3n) is 2.25. The van der Waals surface area contributed by atoms with Gasteiger partial charge in [0, 0.05) is 16.6 Å². The average Bonchev–Trinajstić information content (AvgIpc) is 2.19. The van der Waals surface area contributed by atoms with Crippen molar-refractivity contribution in [3.63, 3.8) is 0 Å². The maximum absolute atomic E-state index is 10.9. The third-order valence-corrected chi connectivity index (χ3v) is 2.75. The minimum atomic E-state index is -0.438. The first-order valence-corrected chi connectivity index (χ1v) is 6.08. The van der Waals surface area contributed by atoms with Gasteiger partial charge in [-0.05, 0) is 32.4 Å². The first kappa shape index (κ1) is 13.9. The molecular weight excluding hydrogens is 288 g/mol. The molecule has 1 aromatic rings. The SMILES string of the molecule is CC(O)CC(C)Nc1ccc(Br)cc1[N+](=O)[O-]. The number of halogens is 1. The Kier molecular flexibility index (Phi) is 4.89. The lowest BCUT2D eigenvalue weighted by molar-refractivity contribution is -0.384. The van der Waals surface area contributed by atoms with Crippen LogP contribution in [-0.4, -0.2) is 22.2 Å². The van der Waals surface area contributed by atoms with Crippen molar-refractivity contribution < 1.29 is 10.0 Å². The van der Waals surface area contributed by atoms with E-state index >= 15 is 0 Å². The number of hydrogen-bond donors (Lipinski definition) is 2. The van der Waals surface area contributed by atoms with Gasteiger partial charge < -0.3 is 10.4 Å². The summed E-state index contributed by atoms with van der Waals surface area (Å²) in [6.07, 6.45) is 0.0970. The van der Waals surface area contributed by atoms with Gasteiger partial charge in [0.25, 0.3) is 5.69 Å². The Balaban J connectivity index is 2.86. The molecule has 0 aliphatic carbocycles. The maximum atomic E-state index is 10.9. The van der Waals surface area contributed by atoms with E-state index in [0.717, 1.165) is 0 Å². The molecule has 6 heteroatoms. The van der Waals surface area contributed by atoms with Crippen molar-refractivity contribution in [2.75, 3.05) is 5.32 Å². The normalized spacial score (nSPS) is 14.1. The Hall–Kier alpha value is -1.14. The molecule has 0 amide bonds. The number of benzene rings is 1. The fraction of sp³-hybridized carbons (Fsp3) is 0.455. The second-order valence-electron chi connectivity index (χ2n) is 4.05. The number of aliphatic hydroxyl groups excluding tert-OH is 1. The Morgan fingerprint density at radius 3 is 2.71 bits per heavy atom. The molecular formula is C11H15BrN2O3. The number of hydrogen-bond acceptors (Lipinski definition) is 4. The van der Waals surface area contributed by atoms with Crippen LogP contribution < -0.4 is 5.32 Å². The second kappa shape index (κ2) is 5.97. The Morgan fingerprint density at radius 2 is 2.18 bits per heavy atom. The first-order chi connectivity index (χ1) is 7.90. The molecule has 0 heterocycles. The number of anilines is 1. The highest BCUT2D eigenvalue weighted by atomic mass is 79.9. The zero-order valence-electron chi connectivity index (χ0n) is 9.68. The molecule has 0 bridgehead atoms. The molecule has 1 rings (SSSR count). The lowest BCUT2D eigenvalue weighted by Gasteiger charge is -2.16. The summed E-state index contributed by atoms with van der Waals surface area (Å²) in [5.74, 6) is 0. The van der Waals surface area contributed by atoms with Crippen LogP contribution in [-0.2, 0) is 0 Å². The summed E-state index contributed by atoms with van der Waals surface area (Å²) in [5, 5.41) is 23.1. The molecule has 2 unspecified atom stereocenters. The van der Waals surface area contributed by atoms with Crippen LogP contribution in [0.2, 0.25) is 0 Å². The predicted molar refractivity (Wildman–Crippen MR) is 70.2 cm³/mol. The van der Waals surface area contributed by atoms with Crippen molar-refractivity contribution in [3.05, 3.63) is 32.8 Å². The summed E-state index contributed by atoms with van der Waals surface area (Å²) in [5.41, 5.74) is 0.489. The van der Waals surface area contributed by atoms with E-state index in [-0.39, 0.29) is 11.7 Å². The van der Waals surface area contributed by atoms with Gasteiger partial charge in [-0.3, -0.25) is 10.1 Å². The number of rotatable bonds is 5. The number of nitro groups is 1. The Morgan fingerprint density at radius 1 is 1.53 bits per heavy atom. The lowest BCUT2D eigenvalue weighted by Crippen LogP contribution is -2.21. The molecule has 0 aliphatic rings. The van der Waals surface area contributed by atoms with Crippen molar-refractivity contribution in [2.24, 2.45) is 0 Å². The van der Waals surface area contributed by atoms with Crippen LogP contribution in [0.5, 0.6) is 0 Å². The van der Waals surface area contributed by atoms with Gasteiger partial charge in [-0.1, -0.05) is 15.9 Å². The van der Waals surface area contributed by atoms with E-state index in [9.17, 15) is 15.2 Å². The maximum Gasteiger partial charge on any atom is 0.293 e. The molecule has 0 aromatic heterocycles. The van der Waals surface area contributed by atoms with Crippen molar-refractivity contribution in [3.8, 4) is 0 Å². The van der Waals surface area contributed by atoms with Crippen LogP contribution in [0, 0.1) is 10.1 Å². The predicted octanol–water partition coefficient (Wildman–Crippen LogP) is 2.93. The number of nitrogens with zero attached hydrogens (tertiary/aromatic N) is 1. The highest BCUT2D eigenvalue weighted by Crippen LogP contribution is 2.28. The number of nitrogens with one attached hydrogen (secondary N) is 1. The van der Waals surface area contributed by atoms with E-state index in [1.54, 1.807) is 19.1 Å². The molecule has 5 nitrogen and oxygen atoms in total. The molecule has 2 N–H and O–H groups in total. The van der Waals surface area contributed by atoms with E-state index in [2.05, 4.69) is 21.2 Å². The molecule has 2 atom stereocenters. The topological polar surface area (TPSA) is 75.4 Å². The minimum Gasteiger partial charge on any atom is -0.393 e. The molecule has 0 fully saturated rings. The van der Waals surface area contributed by atoms with Crippen molar-refractivity contribution >= 4 is 27.3 Å². The zero-order valence-corrected chi connectivity index (χ0v) is 11.3. The van der Waals surface area contributed by atoms with Crippen LogP contribution in [0.1, 0.15) is 20.3 Å². The fourth-order valence-corrected chi connectivity index (χ4v) is 1.96. The summed E-state index contributed by atoms with van der Waals surface area (Å²) in [6, 6.07) is 4.82. The third kappa shape index (κ3) is 4.32. The van der Waals surface area contributed by atoms with Gasteiger partial charge in [-0.15, -0.1) is 0 Å². The molecule has 17 heavy (non-hydrogen) atoms. The summed E-state index contributed by atoms with van der Waals surface area (Å²) in [6.45, 7) is 3.56. The lowest BCUT2D eigenvalue weighted by atomic mass is 10.1. The van der Waals surface area contributed by atoms with Gasteiger partial charge in [0.15, 0.2) is 0 Å². The van der Waals surface area contributed by atoms with E-state index < -0.39 is 11.0 Å². The van der Waals surface area contributed by atoms with Gasteiger partial charge in [-0.2, -0.15) is 0 Å². The molecule has 0 saturated heterocycles. The van der Waals surface area contributed by atoms with Gasteiger partial charge in [-0.25, -0.2) is 0 Å². The van der Waals surface area contributed by atoms with Gasteiger partial charge in [0.1, 0.15) is 5.69 Å². The summed E-state index contributed by atoms with van der Waals surface area (Å²) >= 11 is 3.20. The molecule has 0 saturated carbocycles. The van der Waals surface area contributed by atoms with Crippen molar-refractivity contribution in [1.82, 2.24) is 0 Å². The highest BCUT2D eigenvalue weighted by Gasteiger charge is 2.16. The molecule has 0 radical (unpaired) electrons. The average molecular weight is 303 g/mol. The quantitative estimate of drug-likeness (QED) is 0.648. The fourth-order valence-electron chi connectivity index (χ4n) is 1.61. The van der Waals surface area contributed by atoms with Crippen LogP contribution in [0.3, 0.4) is 0 Å². The number of nitro benzene ring substituents is 1. The molecule has 0 spiro atoms. The summed E-state index contributed by atoms with van der Waals surface area (Å²) < 4.78 is 0.665. The zero-order chi connectivity index (χ0) is 13.0. The monoisotopic (exact) mass is 302 g/mol. The minimum absolute atomic E-state index is 0.0248. The standard InChI is InChI=1S/C11H15BrN2O3/c1-7(5-8(2)15)13-10-4-3-9(12)6-11(10)14(16)17/h3-4,6-8,13,15H,5H2,1-2H3. The number of aliphatic hydroxyl groups is 1. The molecule has 1 aromatic carbocycles. The van der Waals surface area contributed by atoms with E-state index in [4.69, 9.17) is 0 Å². The largest absolute Gasteiger partial charge is 0.393 e.